The van der Waals surface area contributed by atoms with Crippen molar-refractivity contribution in [2.75, 3.05) is 6.61 Å². The van der Waals surface area contributed by atoms with Crippen molar-refractivity contribution in [1.29, 1.82) is 0 Å². The van der Waals surface area contributed by atoms with Crippen LogP contribution in [-0.2, 0) is 4.74 Å². The molecule has 3 nitrogen and oxygen atoms in total. The maximum absolute atomic E-state index is 11.4. The molecule has 0 amide bonds. The summed E-state index contributed by atoms with van der Waals surface area (Å²) < 4.78 is 4.88. The number of ether oxygens (including phenoxy) is 1. The van der Waals surface area contributed by atoms with E-state index in [1.165, 1.54) is 0 Å². The lowest BCUT2D eigenvalue weighted by molar-refractivity contribution is 0.0295. The Labute approximate surface area is 83.3 Å². The van der Waals surface area contributed by atoms with E-state index in [1.54, 1.807) is 19.1 Å². The molecule has 0 aromatic heterocycles. The van der Waals surface area contributed by atoms with Gasteiger partial charge in [-0.15, -0.1) is 0 Å². The van der Waals surface area contributed by atoms with Crippen molar-refractivity contribution in [2.24, 2.45) is 0 Å². The lowest BCUT2D eigenvalue weighted by atomic mass is 10.1. The van der Waals surface area contributed by atoms with E-state index in [9.17, 15) is 4.79 Å². The van der Waals surface area contributed by atoms with Crippen molar-refractivity contribution in [3.05, 3.63) is 35.4 Å². The molecule has 0 bridgehead atoms. The molecule has 0 aliphatic heterocycles. The quantitative estimate of drug-likeness (QED) is 0.742. The highest BCUT2D eigenvalue weighted by Gasteiger charge is 2.10. The smallest absolute Gasteiger partial charge is 0.338 e. The van der Waals surface area contributed by atoms with Crippen LogP contribution < -0.4 is 0 Å². The van der Waals surface area contributed by atoms with Crippen LogP contribution >= 0.6 is 0 Å². The fraction of sp³-hybridized carbons (Fsp3) is 0.364. The van der Waals surface area contributed by atoms with E-state index in [0.717, 1.165) is 5.56 Å². The molecule has 1 aromatic rings. The van der Waals surface area contributed by atoms with E-state index >= 15 is 0 Å². The predicted octanol–water partition coefficient (Wildman–Crippen LogP) is 1.53. The molecule has 0 fully saturated rings. The molecular formula is C11H14O3. The number of esters is 1. The van der Waals surface area contributed by atoms with E-state index in [-0.39, 0.29) is 12.6 Å². The van der Waals surface area contributed by atoms with Gasteiger partial charge in [0.25, 0.3) is 0 Å². The van der Waals surface area contributed by atoms with Crippen LogP contribution in [0.25, 0.3) is 0 Å². The van der Waals surface area contributed by atoms with Gasteiger partial charge in [-0.05, 0) is 25.5 Å². The molecule has 14 heavy (non-hydrogen) atoms. The maximum Gasteiger partial charge on any atom is 0.338 e. The van der Waals surface area contributed by atoms with E-state index in [2.05, 4.69) is 0 Å². The van der Waals surface area contributed by atoms with Crippen molar-refractivity contribution in [1.82, 2.24) is 0 Å². The van der Waals surface area contributed by atoms with Crippen LogP contribution in [-0.4, -0.2) is 23.8 Å². The lowest BCUT2D eigenvalue weighted by Gasteiger charge is -2.07. The average molecular weight is 194 g/mol. The Bertz CT molecular complexity index is 318. The minimum atomic E-state index is -0.622. The van der Waals surface area contributed by atoms with Gasteiger partial charge >= 0.3 is 5.97 Å². The minimum absolute atomic E-state index is 0.0349. The SMILES string of the molecule is Cc1ccccc1C(=O)OCC(C)O. The zero-order valence-corrected chi connectivity index (χ0v) is 8.36. The van der Waals surface area contributed by atoms with Gasteiger partial charge in [-0.2, -0.15) is 0 Å². The van der Waals surface area contributed by atoms with Crippen LogP contribution in [0.1, 0.15) is 22.8 Å². The van der Waals surface area contributed by atoms with Gasteiger partial charge in [0.15, 0.2) is 0 Å². The molecule has 1 aromatic carbocycles. The van der Waals surface area contributed by atoms with Gasteiger partial charge in [0.05, 0.1) is 11.7 Å². The van der Waals surface area contributed by atoms with Crippen molar-refractivity contribution in [3.63, 3.8) is 0 Å². The van der Waals surface area contributed by atoms with Gasteiger partial charge in [0, 0.05) is 0 Å². The molecule has 1 N–H and O–H groups in total. The third-order valence-corrected chi connectivity index (χ3v) is 1.82. The molecule has 0 heterocycles. The van der Waals surface area contributed by atoms with Gasteiger partial charge in [-0.25, -0.2) is 4.79 Å². The fourth-order valence-electron chi connectivity index (χ4n) is 1.08. The normalized spacial score (nSPS) is 12.2. The second-order valence-electron chi connectivity index (χ2n) is 3.26. The molecular weight excluding hydrogens is 180 g/mol. The van der Waals surface area contributed by atoms with Crippen molar-refractivity contribution in [2.45, 2.75) is 20.0 Å². The Balaban J connectivity index is 2.65. The third-order valence-electron chi connectivity index (χ3n) is 1.82. The second kappa shape index (κ2) is 4.77. The molecule has 1 rings (SSSR count). The van der Waals surface area contributed by atoms with Crippen LogP contribution in [0.2, 0.25) is 0 Å². The van der Waals surface area contributed by atoms with Gasteiger partial charge < -0.3 is 9.84 Å². The lowest BCUT2D eigenvalue weighted by Crippen LogP contribution is -2.15. The summed E-state index contributed by atoms with van der Waals surface area (Å²) in [5, 5.41) is 8.94. The zero-order valence-electron chi connectivity index (χ0n) is 8.36. The van der Waals surface area contributed by atoms with E-state index in [0.29, 0.717) is 5.56 Å². The first-order valence-electron chi connectivity index (χ1n) is 4.52. The number of aryl methyl sites for hydroxylation is 1. The summed E-state index contributed by atoms with van der Waals surface area (Å²) in [5.74, 6) is -0.385. The summed E-state index contributed by atoms with van der Waals surface area (Å²) in [6.45, 7) is 3.46. The Morgan fingerprint density at radius 2 is 2.14 bits per heavy atom. The van der Waals surface area contributed by atoms with Gasteiger partial charge in [0.1, 0.15) is 6.61 Å². The number of aliphatic hydroxyl groups excluding tert-OH is 1. The summed E-state index contributed by atoms with van der Waals surface area (Å²) in [7, 11) is 0. The molecule has 0 aliphatic carbocycles. The van der Waals surface area contributed by atoms with Gasteiger partial charge in [0.2, 0.25) is 0 Å². The minimum Gasteiger partial charge on any atom is -0.459 e. The van der Waals surface area contributed by atoms with Crippen LogP contribution in [0, 0.1) is 6.92 Å². The highest BCUT2D eigenvalue weighted by Crippen LogP contribution is 2.08. The first kappa shape index (κ1) is 10.7. The molecule has 76 valence electrons. The number of benzene rings is 1. The topological polar surface area (TPSA) is 46.5 Å². The van der Waals surface area contributed by atoms with E-state index in [1.807, 2.05) is 19.1 Å². The first-order valence-corrected chi connectivity index (χ1v) is 4.52. The zero-order chi connectivity index (χ0) is 10.6. The van der Waals surface area contributed by atoms with Crippen molar-refractivity contribution in [3.8, 4) is 0 Å². The van der Waals surface area contributed by atoms with Crippen LogP contribution in [0.3, 0.4) is 0 Å². The average Bonchev–Trinajstić information content (AvgIpc) is 2.15. The molecule has 1 atom stereocenters. The first-order chi connectivity index (χ1) is 6.61. The van der Waals surface area contributed by atoms with Crippen molar-refractivity contribution >= 4 is 5.97 Å². The maximum atomic E-state index is 11.4. The largest absolute Gasteiger partial charge is 0.459 e. The molecule has 0 saturated heterocycles. The Morgan fingerprint density at radius 1 is 1.50 bits per heavy atom. The summed E-state index contributed by atoms with van der Waals surface area (Å²) in [6.07, 6.45) is -0.622. The molecule has 0 aliphatic rings. The molecule has 0 radical (unpaired) electrons. The van der Waals surface area contributed by atoms with Gasteiger partial charge in [-0.3, -0.25) is 0 Å². The van der Waals surface area contributed by atoms with E-state index in [4.69, 9.17) is 9.84 Å². The molecule has 1 unspecified atom stereocenters. The summed E-state index contributed by atoms with van der Waals surface area (Å²) in [5.41, 5.74) is 1.43. The predicted molar refractivity (Wildman–Crippen MR) is 53.1 cm³/mol. The van der Waals surface area contributed by atoms with Gasteiger partial charge in [-0.1, -0.05) is 18.2 Å². The molecule has 3 heteroatoms. The Morgan fingerprint density at radius 3 is 2.71 bits per heavy atom. The second-order valence-corrected chi connectivity index (χ2v) is 3.26. The number of hydrogen-bond acceptors (Lipinski definition) is 3. The highest BCUT2D eigenvalue weighted by molar-refractivity contribution is 5.90. The number of rotatable bonds is 3. The Kier molecular flexibility index (Phi) is 3.65. The van der Waals surface area contributed by atoms with Crippen LogP contribution in [0.4, 0.5) is 0 Å². The van der Waals surface area contributed by atoms with Crippen LogP contribution in [0.15, 0.2) is 24.3 Å². The Hall–Kier alpha value is -1.35. The monoisotopic (exact) mass is 194 g/mol. The third kappa shape index (κ3) is 2.85. The molecule has 0 spiro atoms. The highest BCUT2D eigenvalue weighted by atomic mass is 16.5. The fourth-order valence-corrected chi connectivity index (χ4v) is 1.08. The summed E-state index contributed by atoms with van der Waals surface area (Å²) in [6, 6.07) is 7.20. The number of carbonyl (C=O) groups excluding carboxylic acids is 1. The number of aliphatic hydroxyl groups is 1. The van der Waals surface area contributed by atoms with Crippen LogP contribution in [0.5, 0.6) is 0 Å². The summed E-state index contributed by atoms with van der Waals surface area (Å²) in [4.78, 5) is 11.4. The van der Waals surface area contributed by atoms with Crippen molar-refractivity contribution < 1.29 is 14.6 Å². The van der Waals surface area contributed by atoms with E-state index < -0.39 is 6.10 Å². The standard InChI is InChI=1S/C11H14O3/c1-8-5-3-4-6-10(8)11(13)14-7-9(2)12/h3-6,9,12H,7H2,1-2H3. The number of carbonyl (C=O) groups is 1. The number of hydrogen-bond donors (Lipinski definition) is 1. The summed E-state index contributed by atoms with van der Waals surface area (Å²) >= 11 is 0. The molecule has 0 saturated carbocycles.